The van der Waals surface area contributed by atoms with Gasteiger partial charge < -0.3 is 15.4 Å². The number of nitrogens with zero attached hydrogens (tertiary/aromatic N) is 1. The molecule has 5 nitrogen and oxygen atoms in total. The number of ether oxygens (including phenoxy) is 1. The van der Waals surface area contributed by atoms with Crippen molar-refractivity contribution < 1.29 is 9.53 Å². The van der Waals surface area contributed by atoms with Crippen LogP contribution in [0.15, 0.2) is 23.6 Å². The molecule has 1 fully saturated rings. The predicted octanol–water partition coefficient (Wildman–Crippen LogP) is 3.63. The van der Waals surface area contributed by atoms with Crippen LogP contribution >= 0.6 is 23.7 Å². The van der Waals surface area contributed by atoms with Gasteiger partial charge >= 0.3 is 0 Å². The Labute approximate surface area is 152 Å². The maximum Gasteiger partial charge on any atom is 0.227 e. The largest absolute Gasteiger partial charge is 0.496 e. The first-order valence-corrected chi connectivity index (χ1v) is 8.67. The van der Waals surface area contributed by atoms with Crippen LogP contribution in [0.25, 0.3) is 11.3 Å². The third kappa shape index (κ3) is 4.47. The number of halogens is 1. The highest BCUT2D eigenvalue weighted by molar-refractivity contribution is 7.14. The molecule has 1 saturated heterocycles. The number of thiazole rings is 1. The van der Waals surface area contributed by atoms with E-state index in [1.807, 2.05) is 30.5 Å². The molecule has 1 atom stereocenters. The molecular formula is C17H22ClN3O2S. The summed E-state index contributed by atoms with van der Waals surface area (Å²) in [4.78, 5) is 16.6. The summed E-state index contributed by atoms with van der Waals surface area (Å²) in [6.45, 7) is 3.04. The second-order valence-corrected chi connectivity index (χ2v) is 6.65. The number of aromatic nitrogens is 1. The van der Waals surface area contributed by atoms with Crippen molar-refractivity contribution in [2.75, 3.05) is 19.0 Å². The number of anilines is 1. The molecule has 1 unspecified atom stereocenters. The van der Waals surface area contributed by atoms with Crippen LogP contribution in [0.2, 0.25) is 0 Å². The zero-order valence-electron chi connectivity index (χ0n) is 13.8. The second-order valence-electron chi connectivity index (χ2n) is 5.79. The third-order valence-corrected chi connectivity index (χ3v) is 4.73. The van der Waals surface area contributed by atoms with Gasteiger partial charge in [-0.1, -0.05) is 11.6 Å². The highest BCUT2D eigenvalue weighted by Gasteiger charge is 2.18. The lowest BCUT2D eigenvalue weighted by Crippen LogP contribution is -2.27. The Hall–Kier alpha value is -1.63. The maximum atomic E-state index is 12.1. The summed E-state index contributed by atoms with van der Waals surface area (Å²) in [6, 6.07) is 6.29. The lowest BCUT2D eigenvalue weighted by Gasteiger charge is -2.09. The Kier molecular flexibility index (Phi) is 6.60. The van der Waals surface area contributed by atoms with Gasteiger partial charge in [0.2, 0.25) is 5.91 Å². The number of carbonyl (C=O) groups is 1. The molecule has 130 valence electrons. The molecule has 1 aliphatic rings. The SMILES string of the molecule is COc1ccc(C)cc1-c1csc(NC(=O)CC2CCCN2)n1.Cl. The molecular weight excluding hydrogens is 346 g/mol. The van der Waals surface area contributed by atoms with Crippen LogP contribution < -0.4 is 15.4 Å². The summed E-state index contributed by atoms with van der Waals surface area (Å²) in [7, 11) is 1.65. The number of hydrogen-bond donors (Lipinski definition) is 2. The van der Waals surface area contributed by atoms with Gasteiger partial charge in [0.25, 0.3) is 0 Å². The lowest BCUT2D eigenvalue weighted by atomic mass is 10.1. The van der Waals surface area contributed by atoms with E-state index in [4.69, 9.17) is 4.74 Å². The van der Waals surface area contributed by atoms with Crippen LogP contribution in [0, 0.1) is 6.92 Å². The molecule has 7 heteroatoms. The zero-order valence-corrected chi connectivity index (χ0v) is 15.4. The Balaban J connectivity index is 0.00000208. The van der Waals surface area contributed by atoms with E-state index in [-0.39, 0.29) is 18.3 Å². The fourth-order valence-electron chi connectivity index (χ4n) is 2.80. The van der Waals surface area contributed by atoms with E-state index < -0.39 is 0 Å². The van der Waals surface area contributed by atoms with Crippen LogP contribution in [0.3, 0.4) is 0 Å². The topological polar surface area (TPSA) is 63.2 Å². The summed E-state index contributed by atoms with van der Waals surface area (Å²) < 4.78 is 5.40. The molecule has 2 heterocycles. The molecule has 1 aromatic carbocycles. The van der Waals surface area contributed by atoms with Crippen molar-refractivity contribution in [2.45, 2.75) is 32.2 Å². The van der Waals surface area contributed by atoms with Gasteiger partial charge in [-0.15, -0.1) is 23.7 Å². The van der Waals surface area contributed by atoms with Gasteiger partial charge in [0.1, 0.15) is 5.75 Å². The van der Waals surface area contributed by atoms with Crippen molar-refractivity contribution in [2.24, 2.45) is 0 Å². The maximum absolute atomic E-state index is 12.1. The molecule has 2 N–H and O–H groups in total. The Bertz CT molecular complexity index is 699. The third-order valence-electron chi connectivity index (χ3n) is 3.98. The van der Waals surface area contributed by atoms with Gasteiger partial charge in [0.15, 0.2) is 5.13 Å². The quantitative estimate of drug-likeness (QED) is 0.847. The van der Waals surface area contributed by atoms with E-state index in [0.717, 1.165) is 42.0 Å². The summed E-state index contributed by atoms with van der Waals surface area (Å²) in [6.07, 6.45) is 2.71. The number of carbonyl (C=O) groups excluding carboxylic acids is 1. The van der Waals surface area contributed by atoms with Gasteiger partial charge in [-0.2, -0.15) is 0 Å². The number of amides is 1. The summed E-state index contributed by atoms with van der Waals surface area (Å²) in [5.41, 5.74) is 2.92. The molecule has 0 radical (unpaired) electrons. The van der Waals surface area contributed by atoms with Crippen LogP contribution in [-0.4, -0.2) is 30.6 Å². The first-order valence-electron chi connectivity index (χ1n) is 7.79. The van der Waals surface area contributed by atoms with Crippen molar-refractivity contribution in [1.82, 2.24) is 10.3 Å². The minimum absolute atomic E-state index is 0. The summed E-state index contributed by atoms with van der Waals surface area (Å²) >= 11 is 1.44. The van der Waals surface area contributed by atoms with E-state index in [9.17, 15) is 4.79 Å². The number of rotatable bonds is 5. The van der Waals surface area contributed by atoms with Crippen LogP contribution in [-0.2, 0) is 4.79 Å². The molecule has 0 bridgehead atoms. The standard InChI is InChI=1S/C17H21N3O2S.ClH/c1-11-5-6-15(22-2)13(8-11)14-10-23-17(19-14)20-16(21)9-12-4-3-7-18-12;/h5-6,8,10,12,18H,3-4,7,9H2,1-2H3,(H,19,20,21);1H. The summed E-state index contributed by atoms with van der Waals surface area (Å²) in [5, 5.41) is 8.81. The number of nitrogens with one attached hydrogen (secondary N) is 2. The van der Waals surface area contributed by atoms with Gasteiger partial charge in [-0.05, 0) is 38.4 Å². The number of hydrogen-bond acceptors (Lipinski definition) is 5. The van der Waals surface area contributed by atoms with E-state index in [1.54, 1.807) is 7.11 Å². The van der Waals surface area contributed by atoms with Crippen LogP contribution in [0.5, 0.6) is 5.75 Å². The Morgan fingerprint density at radius 2 is 2.33 bits per heavy atom. The van der Waals surface area contributed by atoms with E-state index in [1.165, 1.54) is 11.3 Å². The highest BCUT2D eigenvalue weighted by atomic mass is 35.5. The first-order chi connectivity index (χ1) is 11.2. The van der Waals surface area contributed by atoms with Crippen molar-refractivity contribution in [3.05, 3.63) is 29.1 Å². The monoisotopic (exact) mass is 367 g/mol. The second kappa shape index (κ2) is 8.46. The van der Waals surface area contributed by atoms with Crippen molar-refractivity contribution in [3.8, 4) is 17.0 Å². The van der Waals surface area contributed by atoms with E-state index in [0.29, 0.717) is 17.6 Å². The lowest BCUT2D eigenvalue weighted by molar-refractivity contribution is -0.116. The molecule has 1 amide bonds. The van der Waals surface area contributed by atoms with Crippen molar-refractivity contribution in [1.29, 1.82) is 0 Å². The highest BCUT2D eigenvalue weighted by Crippen LogP contribution is 2.33. The molecule has 1 aromatic heterocycles. The first kappa shape index (κ1) is 18.7. The minimum Gasteiger partial charge on any atom is -0.496 e. The zero-order chi connectivity index (χ0) is 16.2. The van der Waals surface area contributed by atoms with Crippen molar-refractivity contribution >= 4 is 34.8 Å². The van der Waals surface area contributed by atoms with Gasteiger partial charge in [0.05, 0.1) is 12.8 Å². The molecule has 24 heavy (non-hydrogen) atoms. The number of benzene rings is 1. The van der Waals surface area contributed by atoms with Gasteiger partial charge in [0, 0.05) is 23.4 Å². The fraction of sp³-hybridized carbons (Fsp3) is 0.412. The molecule has 0 aliphatic carbocycles. The molecule has 3 rings (SSSR count). The molecule has 2 aromatic rings. The molecule has 1 aliphatic heterocycles. The number of aryl methyl sites for hydroxylation is 1. The van der Waals surface area contributed by atoms with E-state index in [2.05, 4.69) is 15.6 Å². The molecule has 0 spiro atoms. The van der Waals surface area contributed by atoms with Crippen molar-refractivity contribution in [3.63, 3.8) is 0 Å². The van der Waals surface area contributed by atoms with Gasteiger partial charge in [-0.25, -0.2) is 4.98 Å². The fourth-order valence-corrected chi connectivity index (χ4v) is 3.53. The number of methoxy groups -OCH3 is 1. The van der Waals surface area contributed by atoms with Crippen LogP contribution in [0.1, 0.15) is 24.8 Å². The average Bonchev–Trinajstić information content (AvgIpc) is 3.19. The predicted molar refractivity (Wildman–Crippen MR) is 100 cm³/mol. The Morgan fingerprint density at radius 3 is 3.04 bits per heavy atom. The Morgan fingerprint density at radius 1 is 1.50 bits per heavy atom. The van der Waals surface area contributed by atoms with Gasteiger partial charge in [-0.3, -0.25) is 4.79 Å². The van der Waals surface area contributed by atoms with E-state index >= 15 is 0 Å². The average molecular weight is 368 g/mol. The minimum atomic E-state index is 0. The van der Waals surface area contributed by atoms with Crippen LogP contribution in [0.4, 0.5) is 5.13 Å². The summed E-state index contributed by atoms with van der Waals surface area (Å²) in [5.74, 6) is 0.801. The normalized spacial score (nSPS) is 16.5. The molecule has 0 saturated carbocycles. The smallest absolute Gasteiger partial charge is 0.227 e.